The van der Waals surface area contributed by atoms with Gasteiger partial charge >= 0.3 is 5.97 Å². The van der Waals surface area contributed by atoms with Crippen LogP contribution in [0.25, 0.3) is 0 Å². The van der Waals surface area contributed by atoms with E-state index in [1.165, 1.54) is 0 Å². The first-order valence-corrected chi connectivity index (χ1v) is 5.42. The van der Waals surface area contributed by atoms with Crippen molar-refractivity contribution in [3.8, 4) is 0 Å². The van der Waals surface area contributed by atoms with E-state index in [0.717, 1.165) is 11.3 Å². The third-order valence-corrected chi connectivity index (χ3v) is 2.46. The lowest BCUT2D eigenvalue weighted by Gasteiger charge is -2.06. The van der Waals surface area contributed by atoms with Crippen molar-refractivity contribution < 1.29 is 9.53 Å². The molecule has 4 nitrogen and oxygen atoms in total. The number of hydrogen-bond donors (Lipinski definition) is 0. The summed E-state index contributed by atoms with van der Waals surface area (Å²) in [5.74, 6) is -0.255. The first-order chi connectivity index (χ1) is 8.25. The van der Waals surface area contributed by atoms with E-state index in [4.69, 9.17) is 4.74 Å². The molecule has 0 atom stereocenters. The number of carbonyl (C=O) groups excluding carboxylic acids is 1. The average molecular weight is 230 g/mol. The number of aromatic nitrogens is 2. The highest BCUT2D eigenvalue weighted by Crippen LogP contribution is 2.02. The van der Waals surface area contributed by atoms with Crippen molar-refractivity contribution in [3.63, 3.8) is 0 Å². The first-order valence-electron chi connectivity index (χ1n) is 5.42. The van der Waals surface area contributed by atoms with E-state index < -0.39 is 0 Å². The van der Waals surface area contributed by atoms with Gasteiger partial charge < -0.3 is 9.30 Å². The summed E-state index contributed by atoms with van der Waals surface area (Å²) in [6.45, 7) is 2.42. The van der Waals surface area contributed by atoms with Crippen LogP contribution in [0.15, 0.2) is 42.9 Å². The molecule has 4 heteroatoms. The maximum absolute atomic E-state index is 11.6. The van der Waals surface area contributed by atoms with Gasteiger partial charge in [0, 0.05) is 11.9 Å². The third kappa shape index (κ3) is 3.17. The van der Waals surface area contributed by atoms with Gasteiger partial charge in [-0.05, 0) is 12.5 Å². The summed E-state index contributed by atoms with van der Waals surface area (Å²) in [5.41, 5.74) is 1.94. The van der Waals surface area contributed by atoms with Crippen LogP contribution >= 0.6 is 0 Å². The number of benzene rings is 1. The SMILES string of the molecule is Cc1cncn1CC(=O)OCc1ccccc1. The zero-order valence-electron chi connectivity index (χ0n) is 9.67. The maximum Gasteiger partial charge on any atom is 0.326 e. The molecular formula is C13H14N2O2. The van der Waals surface area contributed by atoms with Crippen LogP contribution in [-0.4, -0.2) is 15.5 Å². The van der Waals surface area contributed by atoms with E-state index in [1.54, 1.807) is 17.1 Å². The van der Waals surface area contributed by atoms with Gasteiger partial charge in [0.15, 0.2) is 0 Å². The summed E-state index contributed by atoms with van der Waals surface area (Å²) in [4.78, 5) is 15.5. The van der Waals surface area contributed by atoms with E-state index in [9.17, 15) is 4.79 Å². The molecule has 0 aliphatic heterocycles. The van der Waals surface area contributed by atoms with Gasteiger partial charge in [0.05, 0.1) is 6.33 Å². The summed E-state index contributed by atoms with van der Waals surface area (Å²) in [6, 6.07) is 9.62. The van der Waals surface area contributed by atoms with Gasteiger partial charge in [-0.1, -0.05) is 30.3 Å². The Morgan fingerprint density at radius 3 is 2.76 bits per heavy atom. The highest BCUT2D eigenvalue weighted by molar-refractivity contribution is 5.69. The molecular weight excluding hydrogens is 216 g/mol. The number of esters is 1. The summed E-state index contributed by atoms with van der Waals surface area (Å²) in [7, 11) is 0. The molecule has 0 saturated carbocycles. The molecule has 1 aromatic carbocycles. The lowest BCUT2D eigenvalue weighted by atomic mass is 10.2. The predicted octanol–water partition coefficient (Wildman–Crippen LogP) is 1.93. The summed E-state index contributed by atoms with van der Waals surface area (Å²) >= 11 is 0. The molecule has 0 saturated heterocycles. The van der Waals surface area contributed by atoms with Gasteiger partial charge in [-0.15, -0.1) is 0 Å². The van der Waals surface area contributed by atoms with Crippen molar-refractivity contribution in [2.75, 3.05) is 0 Å². The van der Waals surface area contributed by atoms with Crippen LogP contribution in [0.1, 0.15) is 11.3 Å². The number of hydrogen-bond acceptors (Lipinski definition) is 3. The normalized spacial score (nSPS) is 10.2. The second kappa shape index (κ2) is 5.30. The summed E-state index contributed by atoms with van der Waals surface area (Å²) in [6.07, 6.45) is 3.34. The molecule has 0 amide bonds. The highest BCUT2D eigenvalue weighted by atomic mass is 16.5. The zero-order chi connectivity index (χ0) is 12.1. The van der Waals surface area contributed by atoms with E-state index in [2.05, 4.69) is 4.98 Å². The fourth-order valence-electron chi connectivity index (χ4n) is 1.48. The smallest absolute Gasteiger partial charge is 0.326 e. The largest absolute Gasteiger partial charge is 0.459 e. The summed E-state index contributed by atoms with van der Waals surface area (Å²) in [5, 5.41) is 0. The average Bonchev–Trinajstić information content (AvgIpc) is 2.74. The number of rotatable bonds is 4. The molecule has 0 radical (unpaired) electrons. The Labute approximate surface area is 99.9 Å². The maximum atomic E-state index is 11.6. The van der Waals surface area contributed by atoms with Crippen LogP contribution < -0.4 is 0 Å². The molecule has 0 N–H and O–H groups in total. The molecule has 88 valence electrons. The Bertz CT molecular complexity index is 491. The minimum atomic E-state index is -0.255. The second-order valence-electron chi connectivity index (χ2n) is 3.81. The fraction of sp³-hybridized carbons (Fsp3) is 0.231. The lowest BCUT2D eigenvalue weighted by molar-refractivity contribution is -0.145. The monoisotopic (exact) mass is 230 g/mol. The quantitative estimate of drug-likeness (QED) is 0.754. The standard InChI is InChI=1S/C13H14N2O2/c1-11-7-14-10-15(11)8-13(16)17-9-12-5-3-2-4-6-12/h2-7,10H,8-9H2,1H3. The van der Waals surface area contributed by atoms with Gasteiger partial charge in [-0.25, -0.2) is 4.98 Å². The van der Waals surface area contributed by atoms with Crippen molar-refractivity contribution in [1.82, 2.24) is 9.55 Å². The van der Waals surface area contributed by atoms with Gasteiger partial charge in [0.2, 0.25) is 0 Å². The highest BCUT2D eigenvalue weighted by Gasteiger charge is 2.06. The topological polar surface area (TPSA) is 44.1 Å². The number of ether oxygens (including phenoxy) is 1. The molecule has 0 aliphatic carbocycles. The number of aryl methyl sites for hydroxylation is 1. The molecule has 2 aromatic rings. The molecule has 0 unspecified atom stereocenters. The van der Waals surface area contributed by atoms with Gasteiger partial charge in [-0.2, -0.15) is 0 Å². The van der Waals surface area contributed by atoms with Crippen molar-refractivity contribution in [2.24, 2.45) is 0 Å². The molecule has 2 rings (SSSR count). The van der Waals surface area contributed by atoms with Crippen LogP contribution in [0.5, 0.6) is 0 Å². The van der Waals surface area contributed by atoms with Gasteiger partial charge in [0.1, 0.15) is 13.2 Å². The first kappa shape index (κ1) is 11.4. The van der Waals surface area contributed by atoms with E-state index >= 15 is 0 Å². The third-order valence-electron chi connectivity index (χ3n) is 2.46. The second-order valence-corrected chi connectivity index (χ2v) is 3.81. The fourth-order valence-corrected chi connectivity index (χ4v) is 1.48. The van der Waals surface area contributed by atoms with E-state index in [-0.39, 0.29) is 12.5 Å². The van der Waals surface area contributed by atoms with Crippen LogP contribution in [0.2, 0.25) is 0 Å². The zero-order valence-corrected chi connectivity index (χ0v) is 9.67. The minimum absolute atomic E-state index is 0.207. The Morgan fingerprint density at radius 1 is 1.35 bits per heavy atom. The van der Waals surface area contributed by atoms with E-state index in [0.29, 0.717) is 6.61 Å². The van der Waals surface area contributed by atoms with Crippen LogP contribution in [-0.2, 0) is 22.7 Å². The summed E-state index contributed by atoms with van der Waals surface area (Å²) < 4.78 is 6.93. The van der Waals surface area contributed by atoms with Crippen LogP contribution in [0.3, 0.4) is 0 Å². The van der Waals surface area contributed by atoms with Crippen LogP contribution in [0, 0.1) is 6.92 Å². The van der Waals surface area contributed by atoms with E-state index in [1.807, 2.05) is 37.3 Å². The van der Waals surface area contributed by atoms with Crippen molar-refractivity contribution in [2.45, 2.75) is 20.1 Å². The Hall–Kier alpha value is -2.10. The Kier molecular flexibility index (Phi) is 3.55. The molecule has 1 aromatic heterocycles. The molecule has 1 heterocycles. The lowest BCUT2D eigenvalue weighted by Crippen LogP contribution is -2.13. The molecule has 0 bridgehead atoms. The Balaban J connectivity index is 1.85. The Morgan fingerprint density at radius 2 is 2.12 bits per heavy atom. The van der Waals surface area contributed by atoms with Crippen LogP contribution in [0.4, 0.5) is 0 Å². The van der Waals surface area contributed by atoms with Gasteiger partial charge in [-0.3, -0.25) is 4.79 Å². The van der Waals surface area contributed by atoms with Crippen molar-refractivity contribution in [3.05, 3.63) is 54.1 Å². The molecule has 0 aliphatic rings. The minimum Gasteiger partial charge on any atom is -0.459 e. The molecule has 0 fully saturated rings. The number of imidazole rings is 1. The predicted molar refractivity (Wildman–Crippen MR) is 63.2 cm³/mol. The van der Waals surface area contributed by atoms with Crippen molar-refractivity contribution >= 4 is 5.97 Å². The molecule has 17 heavy (non-hydrogen) atoms. The van der Waals surface area contributed by atoms with Gasteiger partial charge in [0.25, 0.3) is 0 Å². The number of nitrogens with zero attached hydrogens (tertiary/aromatic N) is 2. The van der Waals surface area contributed by atoms with Crippen molar-refractivity contribution in [1.29, 1.82) is 0 Å². The number of carbonyl (C=O) groups is 1. The molecule has 0 spiro atoms.